The van der Waals surface area contributed by atoms with Crippen LogP contribution in [0.15, 0.2) is 24.4 Å². The lowest BCUT2D eigenvalue weighted by atomic mass is 9.85. The number of anilines is 1. The van der Waals surface area contributed by atoms with E-state index in [9.17, 15) is 14.4 Å². The first kappa shape index (κ1) is 23.4. The van der Waals surface area contributed by atoms with E-state index in [0.717, 1.165) is 67.8 Å². The topological polar surface area (TPSA) is 106 Å². The molecule has 8 nitrogen and oxygen atoms in total. The number of amides is 3. The van der Waals surface area contributed by atoms with Crippen LogP contribution < -0.4 is 16.0 Å². The number of carbonyl (C=O) groups is 3. The lowest BCUT2D eigenvalue weighted by Gasteiger charge is -2.25. The van der Waals surface area contributed by atoms with E-state index in [1.165, 1.54) is 5.56 Å². The Morgan fingerprint density at radius 2 is 2.06 bits per heavy atom. The number of likely N-dealkylation sites (tertiary alicyclic amines) is 1. The average molecular weight is 476 g/mol. The van der Waals surface area contributed by atoms with Gasteiger partial charge in [-0.3, -0.25) is 14.4 Å². The number of hydrogen-bond donors (Lipinski definition) is 4. The van der Waals surface area contributed by atoms with Gasteiger partial charge in [-0.15, -0.1) is 0 Å². The molecule has 2 aromatic rings. The molecule has 0 aliphatic carbocycles. The maximum Gasteiger partial charge on any atom is 0.256 e. The summed E-state index contributed by atoms with van der Waals surface area (Å²) in [5.41, 5.74) is 5.84. The number of nitrogens with one attached hydrogen (secondary N) is 4. The molecule has 3 amide bonds. The van der Waals surface area contributed by atoms with Crippen molar-refractivity contribution in [3.8, 4) is 0 Å². The summed E-state index contributed by atoms with van der Waals surface area (Å²) in [5, 5.41) is 9.38. The van der Waals surface area contributed by atoms with E-state index in [4.69, 9.17) is 0 Å². The Morgan fingerprint density at radius 1 is 1.23 bits per heavy atom. The fourth-order valence-corrected chi connectivity index (χ4v) is 5.44. The molecule has 4 heterocycles. The summed E-state index contributed by atoms with van der Waals surface area (Å²) in [6, 6.07) is 6.11. The number of carbonyl (C=O) groups excluding carboxylic acids is 3. The molecular weight excluding hydrogens is 442 g/mol. The average Bonchev–Trinajstić information content (AvgIpc) is 3.54. The van der Waals surface area contributed by atoms with Crippen molar-refractivity contribution in [2.45, 2.75) is 44.9 Å². The van der Waals surface area contributed by atoms with Crippen molar-refractivity contribution >= 4 is 35.1 Å². The standard InChI is InChI=1S/C27H33N5O3/c1-17-21(26(34)29-10-4-14-32-13-3-7-24(32)33)16-30-23(17)15-20-25-19(18-8-11-28-12-9-18)5-2-6-22(25)31-27(20)35/h2,5-6,15-16,18,28,30H,3-4,7-14H2,1H3,(H,29,34)(H,31,35). The van der Waals surface area contributed by atoms with Crippen molar-refractivity contribution in [1.29, 1.82) is 0 Å². The molecule has 1 aromatic carbocycles. The molecule has 3 aliphatic rings. The Morgan fingerprint density at radius 3 is 2.83 bits per heavy atom. The largest absolute Gasteiger partial charge is 0.361 e. The molecule has 0 saturated carbocycles. The van der Waals surface area contributed by atoms with Gasteiger partial charge in [0, 0.05) is 49.2 Å². The summed E-state index contributed by atoms with van der Waals surface area (Å²) in [5.74, 6) is 0.362. The summed E-state index contributed by atoms with van der Waals surface area (Å²) >= 11 is 0. The SMILES string of the molecule is Cc1c(C(=O)NCCCN2CCCC2=O)c[nH]c1C=C1C(=O)Nc2cccc(C3CCNCC3)c21. The summed E-state index contributed by atoms with van der Waals surface area (Å²) in [7, 11) is 0. The minimum atomic E-state index is -0.150. The number of aromatic amines is 1. The number of aromatic nitrogens is 1. The lowest BCUT2D eigenvalue weighted by Crippen LogP contribution is -2.30. The third-order valence-corrected chi connectivity index (χ3v) is 7.41. The molecule has 5 rings (SSSR count). The van der Waals surface area contributed by atoms with Crippen molar-refractivity contribution in [3.63, 3.8) is 0 Å². The molecule has 0 atom stereocenters. The van der Waals surface area contributed by atoms with E-state index in [-0.39, 0.29) is 17.7 Å². The quantitative estimate of drug-likeness (QED) is 0.365. The minimum Gasteiger partial charge on any atom is -0.361 e. The zero-order chi connectivity index (χ0) is 24.4. The van der Waals surface area contributed by atoms with Crippen molar-refractivity contribution in [3.05, 3.63) is 52.3 Å². The Labute approximate surface area is 205 Å². The van der Waals surface area contributed by atoms with Gasteiger partial charge in [0.1, 0.15) is 0 Å². The molecule has 0 radical (unpaired) electrons. The molecule has 184 valence electrons. The third-order valence-electron chi connectivity index (χ3n) is 7.41. The summed E-state index contributed by atoms with van der Waals surface area (Å²) in [4.78, 5) is 42.5. The van der Waals surface area contributed by atoms with E-state index in [2.05, 4.69) is 27.0 Å². The Bertz CT molecular complexity index is 1180. The molecule has 0 spiro atoms. The number of H-pyrrole nitrogens is 1. The molecule has 1 aromatic heterocycles. The molecule has 2 fully saturated rings. The van der Waals surface area contributed by atoms with Gasteiger partial charge in [-0.05, 0) is 74.9 Å². The summed E-state index contributed by atoms with van der Waals surface area (Å²) < 4.78 is 0. The van der Waals surface area contributed by atoms with Gasteiger partial charge in [0.2, 0.25) is 5.91 Å². The molecule has 0 bridgehead atoms. The van der Waals surface area contributed by atoms with Crippen LogP contribution in [-0.4, -0.2) is 60.3 Å². The first-order valence-electron chi connectivity index (χ1n) is 12.6. The van der Waals surface area contributed by atoms with Crippen LogP contribution in [0.1, 0.15) is 70.8 Å². The lowest BCUT2D eigenvalue weighted by molar-refractivity contribution is -0.127. The molecule has 8 heteroatoms. The normalized spacial score (nSPS) is 19.3. The Kier molecular flexibility index (Phi) is 6.72. The first-order chi connectivity index (χ1) is 17.0. The van der Waals surface area contributed by atoms with E-state index >= 15 is 0 Å². The zero-order valence-electron chi connectivity index (χ0n) is 20.2. The van der Waals surface area contributed by atoms with Crippen LogP contribution in [0.4, 0.5) is 5.69 Å². The number of benzene rings is 1. The number of nitrogens with zero attached hydrogens (tertiary/aromatic N) is 1. The highest BCUT2D eigenvalue weighted by atomic mass is 16.2. The smallest absolute Gasteiger partial charge is 0.256 e. The van der Waals surface area contributed by atoms with Crippen LogP contribution in [0.5, 0.6) is 0 Å². The van der Waals surface area contributed by atoms with Crippen molar-refractivity contribution in [1.82, 2.24) is 20.5 Å². The highest BCUT2D eigenvalue weighted by Gasteiger charge is 2.30. The molecule has 2 saturated heterocycles. The molecular formula is C27H33N5O3. The van der Waals surface area contributed by atoms with E-state index < -0.39 is 0 Å². The van der Waals surface area contributed by atoms with Gasteiger partial charge in [0.15, 0.2) is 0 Å². The molecule has 0 unspecified atom stereocenters. The van der Waals surface area contributed by atoms with Crippen molar-refractivity contribution < 1.29 is 14.4 Å². The Hall–Kier alpha value is -3.39. The van der Waals surface area contributed by atoms with Crippen LogP contribution in [-0.2, 0) is 9.59 Å². The van der Waals surface area contributed by atoms with E-state index in [1.807, 2.05) is 30.0 Å². The number of hydrogen-bond acceptors (Lipinski definition) is 4. The Balaban J connectivity index is 1.31. The molecule has 4 N–H and O–H groups in total. The fourth-order valence-electron chi connectivity index (χ4n) is 5.44. The van der Waals surface area contributed by atoms with Gasteiger partial charge in [0.25, 0.3) is 11.8 Å². The minimum absolute atomic E-state index is 0.113. The highest BCUT2D eigenvalue weighted by molar-refractivity contribution is 6.35. The van der Waals surface area contributed by atoms with Crippen LogP contribution in [0.2, 0.25) is 0 Å². The zero-order valence-corrected chi connectivity index (χ0v) is 20.2. The first-order valence-corrected chi connectivity index (χ1v) is 12.6. The monoisotopic (exact) mass is 475 g/mol. The number of fused-ring (bicyclic) bond motifs is 1. The number of piperidine rings is 1. The third kappa shape index (κ3) is 4.75. The van der Waals surface area contributed by atoms with Gasteiger partial charge in [-0.1, -0.05) is 12.1 Å². The summed E-state index contributed by atoms with van der Waals surface area (Å²) in [6.07, 6.45) is 7.97. The molecule has 35 heavy (non-hydrogen) atoms. The maximum atomic E-state index is 12.9. The number of rotatable bonds is 7. The van der Waals surface area contributed by atoms with Crippen LogP contribution in [0, 0.1) is 6.92 Å². The second-order valence-corrected chi connectivity index (χ2v) is 9.64. The van der Waals surface area contributed by atoms with Crippen LogP contribution in [0.25, 0.3) is 11.6 Å². The van der Waals surface area contributed by atoms with Crippen molar-refractivity contribution in [2.24, 2.45) is 0 Å². The fraction of sp³-hybridized carbons (Fsp3) is 0.444. The van der Waals surface area contributed by atoms with Crippen LogP contribution in [0.3, 0.4) is 0 Å². The predicted octanol–water partition coefficient (Wildman–Crippen LogP) is 3.03. The van der Waals surface area contributed by atoms with E-state index in [0.29, 0.717) is 36.6 Å². The predicted molar refractivity (Wildman–Crippen MR) is 136 cm³/mol. The van der Waals surface area contributed by atoms with Crippen molar-refractivity contribution in [2.75, 3.05) is 38.0 Å². The second-order valence-electron chi connectivity index (χ2n) is 9.64. The highest BCUT2D eigenvalue weighted by Crippen LogP contribution is 2.41. The molecule has 3 aliphatic heterocycles. The van der Waals surface area contributed by atoms with Gasteiger partial charge in [0.05, 0.1) is 11.1 Å². The maximum absolute atomic E-state index is 12.9. The van der Waals surface area contributed by atoms with Gasteiger partial charge >= 0.3 is 0 Å². The van der Waals surface area contributed by atoms with Gasteiger partial charge < -0.3 is 25.8 Å². The van der Waals surface area contributed by atoms with E-state index in [1.54, 1.807) is 6.20 Å². The second kappa shape index (κ2) is 10.1. The van der Waals surface area contributed by atoms with Gasteiger partial charge in [-0.25, -0.2) is 0 Å². The van der Waals surface area contributed by atoms with Gasteiger partial charge in [-0.2, -0.15) is 0 Å². The summed E-state index contributed by atoms with van der Waals surface area (Å²) in [6.45, 7) is 5.87. The van der Waals surface area contributed by atoms with Crippen LogP contribution >= 0.6 is 0 Å².